The zero-order chi connectivity index (χ0) is 9.68. The third-order valence-corrected chi connectivity index (χ3v) is 1.93. The molecule has 0 saturated heterocycles. The first kappa shape index (κ1) is 9.82. The predicted octanol–water partition coefficient (Wildman–Crippen LogP) is 2.08. The van der Waals surface area contributed by atoms with Crippen LogP contribution >= 0.6 is 15.9 Å². The van der Waals surface area contributed by atoms with E-state index in [9.17, 15) is 4.79 Å². The smallest absolute Gasteiger partial charge is 0.381 e. The van der Waals surface area contributed by atoms with Crippen LogP contribution < -0.4 is 0 Å². The fraction of sp³-hybridized carbons (Fsp3) is 0.100. The third kappa shape index (κ3) is 3.77. The van der Waals surface area contributed by atoms with Crippen LogP contribution in [0.5, 0.6) is 0 Å². The summed E-state index contributed by atoms with van der Waals surface area (Å²) in [4.78, 5) is 10.1. The average Bonchev–Trinajstić information content (AvgIpc) is 2.08. The lowest BCUT2D eigenvalue weighted by atomic mass is 10.2. The van der Waals surface area contributed by atoms with Crippen LogP contribution in [-0.2, 0) is 11.2 Å². The number of halogens is 1. The number of carbonyl (C=O) groups is 1. The molecule has 1 aromatic rings. The van der Waals surface area contributed by atoms with E-state index in [1.165, 1.54) is 0 Å². The maximum absolute atomic E-state index is 10.1. The van der Waals surface area contributed by atoms with Crippen LogP contribution in [0.15, 0.2) is 28.7 Å². The lowest BCUT2D eigenvalue weighted by Crippen LogP contribution is -1.88. The van der Waals surface area contributed by atoms with E-state index in [1.54, 1.807) is 0 Å². The third-order valence-electron chi connectivity index (χ3n) is 1.40. The molecule has 0 aliphatic rings. The molecule has 1 rings (SSSR count). The second kappa shape index (κ2) is 4.68. The minimum Gasteiger partial charge on any atom is -0.472 e. The summed E-state index contributed by atoms with van der Waals surface area (Å²) in [5.74, 6) is 3.53. The van der Waals surface area contributed by atoms with Crippen LogP contribution in [0.2, 0.25) is 0 Å². The van der Waals surface area contributed by atoms with Crippen molar-refractivity contribution in [3.05, 3.63) is 34.3 Å². The molecular weight excluding hydrogens is 232 g/mol. The molecule has 2 nitrogen and oxygen atoms in total. The lowest BCUT2D eigenvalue weighted by Gasteiger charge is -1.93. The summed E-state index contributed by atoms with van der Waals surface area (Å²) in [6, 6.07) is 7.61. The van der Waals surface area contributed by atoms with E-state index < -0.39 is 5.97 Å². The SMILES string of the molecule is O=C(O)C#CCc1ccc(Br)cc1. The minimum atomic E-state index is -1.09. The van der Waals surface area contributed by atoms with Crippen LogP contribution in [0, 0.1) is 11.8 Å². The molecule has 0 aliphatic heterocycles. The van der Waals surface area contributed by atoms with E-state index in [0.29, 0.717) is 6.42 Å². The first-order chi connectivity index (χ1) is 6.18. The van der Waals surface area contributed by atoms with Crippen molar-refractivity contribution in [3.8, 4) is 11.8 Å². The summed E-state index contributed by atoms with van der Waals surface area (Å²) < 4.78 is 1.00. The Bertz CT molecular complexity index is 357. The average molecular weight is 239 g/mol. The molecule has 0 aromatic heterocycles. The van der Waals surface area contributed by atoms with Gasteiger partial charge in [0.15, 0.2) is 0 Å². The normalized spacial score (nSPS) is 8.69. The largest absolute Gasteiger partial charge is 0.472 e. The van der Waals surface area contributed by atoms with Gasteiger partial charge in [-0.25, -0.2) is 4.79 Å². The number of aliphatic carboxylic acids is 1. The fourth-order valence-electron chi connectivity index (χ4n) is 0.824. The zero-order valence-electron chi connectivity index (χ0n) is 6.75. The van der Waals surface area contributed by atoms with Crippen LogP contribution in [0.4, 0.5) is 0 Å². The van der Waals surface area contributed by atoms with E-state index in [-0.39, 0.29) is 0 Å². The Balaban J connectivity index is 2.62. The molecule has 0 atom stereocenters. The van der Waals surface area contributed by atoms with Crippen LogP contribution in [0.25, 0.3) is 0 Å². The molecular formula is C10H7BrO2. The van der Waals surface area contributed by atoms with Gasteiger partial charge in [0.2, 0.25) is 0 Å². The van der Waals surface area contributed by atoms with Crippen molar-refractivity contribution < 1.29 is 9.90 Å². The molecule has 1 aromatic carbocycles. The number of rotatable bonds is 1. The maximum Gasteiger partial charge on any atom is 0.381 e. The number of benzene rings is 1. The van der Waals surface area contributed by atoms with Gasteiger partial charge in [0, 0.05) is 16.8 Å². The van der Waals surface area contributed by atoms with Crippen molar-refractivity contribution in [3.63, 3.8) is 0 Å². The van der Waals surface area contributed by atoms with Crippen molar-refractivity contribution in [1.29, 1.82) is 0 Å². The minimum absolute atomic E-state index is 0.472. The molecule has 0 fully saturated rings. The van der Waals surface area contributed by atoms with Gasteiger partial charge in [-0.05, 0) is 17.7 Å². The van der Waals surface area contributed by atoms with Crippen LogP contribution in [-0.4, -0.2) is 11.1 Å². The number of carboxylic acids is 1. The highest BCUT2D eigenvalue weighted by molar-refractivity contribution is 9.10. The Morgan fingerprint density at radius 1 is 1.38 bits per heavy atom. The first-order valence-corrected chi connectivity index (χ1v) is 4.44. The summed E-state index contributed by atoms with van der Waals surface area (Å²) in [5.41, 5.74) is 1.01. The Hall–Kier alpha value is -1.27. The topological polar surface area (TPSA) is 37.3 Å². The summed E-state index contributed by atoms with van der Waals surface area (Å²) in [6.45, 7) is 0. The van der Waals surface area contributed by atoms with E-state index >= 15 is 0 Å². The lowest BCUT2D eigenvalue weighted by molar-refractivity contribution is -0.130. The Labute approximate surface area is 84.7 Å². The van der Waals surface area contributed by atoms with Crippen molar-refractivity contribution in [2.24, 2.45) is 0 Å². The molecule has 0 spiro atoms. The van der Waals surface area contributed by atoms with Crippen LogP contribution in [0.3, 0.4) is 0 Å². The summed E-state index contributed by atoms with van der Waals surface area (Å²) in [7, 11) is 0. The predicted molar refractivity (Wildman–Crippen MR) is 53.3 cm³/mol. The Kier molecular flexibility index (Phi) is 3.53. The molecule has 0 unspecified atom stereocenters. The van der Waals surface area contributed by atoms with Gasteiger partial charge in [-0.2, -0.15) is 0 Å². The van der Waals surface area contributed by atoms with Crippen molar-refractivity contribution in [2.75, 3.05) is 0 Å². The maximum atomic E-state index is 10.1. The second-order valence-electron chi connectivity index (χ2n) is 2.41. The molecule has 0 amide bonds. The summed E-state index contributed by atoms with van der Waals surface area (Å²) in [5, 5.41) is 8.25. The Morgan fingerprint density at radius 3 is 2.54 bits per heavy atom. The van der Waals surface area contributed by atoms with Gasteiger partial charge in [-0.1, -0.05) is 34.0 Å². The highest BCUT2D eigenvalue weighted by Gasteiger charge is 1.89. The van der Waals surface area contributed by atoms with Gasteiger partial charge in [-0.15, -0.1) is 0 Å². The number of hydrogen-bond acceptors (Lipinski definition) is 1. The molecule has 66 valence electrons. The van der Waals surface area contributed by atoms with Gasteiger partial charge >= 0.3 is 5.97 Å². The van der Waals surface area contributed by atoms with Gasteiger partial charge in [0.05, 0.1) is 0 Å². The fourth-order valence-corrected chi connectivity index (χ4v) is 1.09. The number of hydrogen-bond donors (Lipinski definition) is 1. The van der Waals surface area contributed by atoms with Gasteiger partial charge in [0.25, 0.3) is 0 Å². The van der Waals surface area contributed by atoms with Crippen molar-refractivity contribution in [1.82, 2.24) is 0 Å². The molecule has 0 heterocycles. The molecule has 1 N–H and O–H groups in total. The van der Waals surface area contributed by atoms with E-state index in [0.717, 1.165) is 10.0 Å². The molecule has 0 radical (unpaired) electrons. The number of carboxylic acid groups (broad SMARTS) is 1. The van der Waals surface area contributed by atoms with E-state index in [4.69, 9.17) is 5.11 Å². The van der Waals surface area contributed by atoms with Crippen molar-refractivity contribution in [2.45, 2.75) is 6.42 Å². The van der Waals surface area contributed by atoms with Gasteiger partial charge < -0.3 is 5.11 Å². The van der Waals surface area contributed by atoms with E-state index in [1.807, 2.05) is 24.3 Å². The van der Waals surface area contributed by atoms with Gasteiger partial charge in [0.1, 0.15) is 0 Å². The highest BCUT2D eigenvalue weighted by Crippen LogP contribution is 2.10. The molecule has 0 aliphatic carbocycles. The zero-order valence-corrected chi connectivity index (χ0v) is 8.34. The summed E-state index contributed by atoms with van der Waals surface area (Å²) in [6.07, 6.45) is 0.472. The second-order valence-corrected chi connectivity index (χ2v) is 3.33. The standard InChI is InChI=1S/C10H7BrO2/c11-9-6-4-8(5-7-9)2-1-3-10(12)13/h4-7H,2H2,(H,12,13). The molecule has 0 saturated carbocycles. The van der Waals surface area contributed by atoms with E-state index in [2.05, 4.69) is 27.8 Å². The molecule has 3 heteroatoms. The molecule has 13 heavy (non-hydrogen) atoms. The quantitative estimate of drug-likeness (QED) is 0.762. The first-order valence-electron chi connectivity index (χ1n) is 3.65. The van der Waals surface area contributed by atoms with Crippen molar-refractivity contribution >= 4 is 21.9 Å². The monoisotopic (exact) mass is 238 g/mol. The van der Waals surface area contributed by atoms with Gasteiger partial charge in [-0.3, -0.25) is 0 Å². The van der Waals surface area contributed by atoms with Crippen LogP contribution in [0.1, 0.15) is 5.56 Å². The Morgan fingerprint density at radius 2 is 2.00 bits per heavy atom. The highest BCUT2D eigenvalue weighted by atomic mass is 79.9. The molecule has 0 bridgehead atoms. The summed E-state index contributed by atoms with van der Waals surface area (Å²) >= 11 is 3.31.